The molecule has 0 amide bonds. The molecule has 1 heterocycles. The van der Waals surface area contributed by atoms with E-state index in [4.69, 9.17) is 4.74 Å². The van der Waals surface area contributed by atoms with Gasteiger partial charge in [-0.15, -0.1) is 0 Å². The molecule has 0 spiro atoms. The maximum absolute atomic E-state index is 12.3. The van der Waals surface area contributed by atoms with Crippen molar-refractivity contribution in [3.05, 3.63) is 71.8 Å². The summed E-state index contributed by atoms with van der Waals surface area (Å²) in [6, 6.07) is 18.6. The Kier molecular flexibility index (Phi) is 5.55. The highest BCUT2D eigenvalue weighted by Gasteiger charge is 2.26. The van der Waals surface area contributed by atoms with Gasteiger partial charge < -0.3 is 4.74 Å². The van der Waals surface area contributed by atoms with Crippen LogP contribution >= 0.6 is 0 Å². The molecular weight excluding hydrogens is 300 g/mol. The fourth-order valence-corrected chi connectivity index (χ4v) is 3.18. The Labute approximate surface area is 142 Å². The van der Waals surface area contributed by atoms with Crippen molar-refractivity contribution >= 4 is 11.6 Å². The van der Waals surface area contributed by atoms with Gasteiger partial charge in [-0.05, 0) is 19.3 Å². The predicted octanol–water partition coefficient (Wildman–Crippen LogP) is 4.47. The van der Waals surface area contributed by atoms with Gasteiger partial charge in [0, 0.05) is 24.0 Å². The molecular formula is C21H22O3. The minimum absolute atomic E-state index is 0.0833. The van der Waals surface area contributed by atoms with Crippen LogP contribution in [0.15, 0.2) is 60.7 Å². The summed E-state index contributed by atoms with van der Waals surface area (Å²) < 4.78 is 6.03. The first-order valence-electron chi connectivity index (χ1n) is 8.54. The van der Waals surface area contributed by atoms with Gasteiger partial charge in [0.2, 0.25) is 0 Å². The third kappa shape index (κ3) is 4.39. The molecule has 3 heteroatoms. The Balaban J connectivity index is 1.55. The second kappa shape index (κ2) is 8.02. The van der Waals surface area contributed by atoms with Crippen LogP contribution in [0.2, 0.25) is 0 Å². The Morgan fingerprint density at radius 1 is 0.750 bits per heavy atom. The topological polar surface area (TPSA) is 43.4 Å². The lowest BCUT2D eigenvalue weighted by Gasteiger charge is -2.29. The van der Waals surface area contributed by atoms with Crippen molar-refractivity contribution in [1.29, 1.82) is 0 Å². The predicted molar refractivity (Wildman–Crippen MR) is 93.3 cm³/mol. The molecule has 2 aromatic carbocycles. The maximum atomic E-state index is 12.3. The van der Waals surface area contributed by atoms with E-state index in [-0.39, 0.29) is 23.8 Å². The molecule has 0 aromatic heterocycles. The summed E-state index contributed by atoms with van der Waals surface area (Å²) in [5.74, 6) is 0.214. The van der Waals surface area contributed by atoms with E-state index < -0.39 is 0 Å². The summed E-state index contributed by atoms with van der Waals surface area (Å²) in [4.78, 5) is 24.6. The molecule has 2 aromatic rings. The van der Waals surface area contributed by atoms with Crippen LogP contribution in [0.1, 0.15) is 52.8 Å². The lowest BCUT2D eigenvalue weighted by molar-refractivity contribution is -0.0483. The molecule has 1 fully saturated rings. The Hall–Kier alpha value is -2.26. The molecule has 3 nitrogen and oxygen atoms in total. The first kappa shape index (κ1) is 16.6. The van der Waals surface area contributed by atoms with Crippen LogP contribution in [-0.4, -0.2) is 23.8 Å². The zero-order valence-corrected chi connectivity index (χ0v) is 13.7. The maximum Gasteiger partial charge on any atom is 0.165 e. The lowest BCUT2D eigenvalue weighted by Crippen LogP contribution is -2.31. The molecule has 3 rings (SSSR count). The highest BCUT2D eigenvalue weighted by Crippen LogP contribution is 2.25. The Bertz CT molecular complexity index is 619. The van der Waals surface area contributed by atoms with Gasteiger partial charge in [-0.25, -0.2) is 0 Å². The summed E-state index contributed by atoms with van der Waals surface area (Å²) in [7, 11) is 0. The van der Waals surface area contributed by atoms with Gasteiger partial charge in [-0.1, -0.05) is 60.7 Å². The highest BCUT2D eigenvalue weighted by molar-refractivity contribution is 5.97. The summed E-state index contributed by atoms with van der Waals surface area (Å²) in [5, 5.41) is 0. The van der Waals surface area contributed by atoms with Crippen molar-refractivity contribution in [2.24, 2.45) is 0 Å². The van der Waals surface area contributed by atoms with Crippen molar-refractivity contribution in [3.63, 3.8) is 0 Å². The molecule has 2 atom stereocenters. The van der Waals surface area contributed by atoms with Crippen LogP contribution in [0.25, 0.3) is 0 Å². The number of hydrogen-bond donors (Lipinski definition) is 0. The SMILES string of the molecule is O=C(C[C@H]1CCC[C@@H](CC(=O)c2ccccc2)O1)c1ccccc1. The average molecular weight is 322 g/mol. The molecule has 1 saturated heterocycles. The van der Waals surface area contributed by atoms with E-state index in [9.17, 15) is 9.59 Å². The van der Waals surface area contributed by atoms with Gasteiger partial charge in [-0.3, -0.25) is 9.59 Å². The molecule has 124 valence electrons. The number of ketones is 2. The number of Topliss-reactive ketones (excluding diaryl/α,β-unsaturated/α-hetero) is 2. The number of carbonyl (C=O) groups excluding carboxylic acids is 2. The molecule has 0 N–H and O–H groups in total. The summed E-state index contributed by atoms with van der Waals surface area (Å²) in [5.41, 5.74) is 1.45. The minimum Gasteiger partial charge on any atom is -0.374 e. The van der Waals surface area contributed by atoms with Gasteiger partial charge >= 0.3 is 0 Å². The zero-order valence-electron chi connectivity index (χ0n) is 13.7. The fraction of sp³-hybridized carbons (Fsp3) is 0.333. The summed E-state index contributed by atoms with van der Waals surface area (Å²) in [6.07, 6.45) is 3.38. The number of benzene rings is 2. The molecule has 1 aliphatic rings. The molecule has 0 saturated carbocycles. The highest BCUT2D eigenvalue weighted by atomic mass is 16.5. The number of ether oxygens (including phenoxy) is 1. The largest absolute Gasteiger partial charge is 0.374 e. The van der Waals surface area contributed by atoms with E-state index in [2.05, 4.69) is 0 Å². The third-order valence-electron chi connectivity index (χ3n) is 4.45. The summed E-state index contributed by atoms with van der Waals surface area (Å²) in [6.45, 7) is 0. The van der Waals surface area contributed by atoms with Gasteiger partial charge in [0.1, 0.15) is 0 Å². The second-order valence-electron chi connectivity index (χ2n) is 6.30. The van der Waals surface area contributed by atoms with Gasteiger partial charge in [0.05, 0.1) is 12.2 Å². The lowest BCUT2D eigenvalue weighted by atomic mass is 9.95. The van der Waals surface area contributed by atoms with E-state index in [1.165, 1.54) is 0 Å². The van der Waals surface area contributed by atoms with Crippen molar-refractivity contribution in [3.8, 4) is 0 Å². The second-order valence-corrected chi connectivity index (χ2v) is 6.30. The van der Waals surface area contributed by atoms with Crippen LogP contribution in [0, 0.1) is 0 Å². The Morgan fingerprint density at radius 3 is 1.58 bits per heavy atom. The quantitative estimate of drug-likeness (QED) is 0.737. The number of rotatable bonds is 6. The van der Waals surface area contributed by atoms with Crippen LogP contribution in [0.3, 0.4) is 0 Å². The van der Waals surface area contributed by atoms with Crippen molar-refractivity contribution in [1.82, 2.24) is 0 Å². The smallest absolute Gasteiger partial charge is 0.165 e. The zero-order chi connectivity index (χ0) is 16.8. The van der Waals surface area contributed by atoms with E-state index in [1.54, 1.807) is 0 Å². The average Bonchev–Trinajstić information content (AvgIpc) is 2.63. The number of hydrogen-bond acceptors (Lipinski definition) is 3. The van der Waals surface area contributed by atoms with Crippen molar-refractivity contribution < 1.29 is 14.3 Å². The van der Waals surface area contributed by atoms with Crippen LogP contribution in [0.4, 0.5) is 0 Å². The Morgan fingerprint density at radius 2 is 1.17 bits per heavy atom. The van der Waals surface area contributed by atoms with Gasteiger partial charge in [0.25, 0.3) is 0 Å². The van der Waals surface area contributed by atoms with Crippen LogP contribution < -0.4 is 0 Å². The third-order valence-corrected chi connectivity index (χ3v) is 4.45. The minimum atomic E-state index is -0.0833. The molecule has 0 unspecified atom stereocenters. The summed E-state index contributed by atoms with van der Waals surface area (Å²) >= 11 is 0. The van der Waals surface area contributed by atoms with E-state index >= 15 is 0 Å². The standard InChI is InChI=1S/C21H22O3/c22-20(16-8-3-1-4-9-16)14-18-12-7-13-19(24-18)15-21(23)17-10-5-2-6-11-17/h1-6,8-11,18-19H,7,12-15H2/t18-,19+. The van der Waals surface area contributed by atoms with Crippen LogP contribution in [0.5, 0.6) is 0 Å². The normalized spacial score (nSPS) is 20.5. The molecule has 0 aliphatic carbocycles. The molecule has 1 aliphatic heterocycles. The molecule has 0 radical (unpaired) electrons. The molecule has 0 bridgehead atoms. The number of carbonyl (C=O) groups is 2. The van der Waals surface area contributed by atoms with E-state index in [0.29, 0.717) is 12.8 Å². The van der Waals surface area contributed by atoms with Crippen molar-refractivity contribution in [2.75, 3.05) is 0 Å². The van der Waals surface area contributed by atoms with E-state index in [0.717, 1.165) is 30.4 Å². The van der Waals surface area contributed by atoms with E-state index in [1.807, 2.05) is 60.7 Å². The van der Waals surface area contributed by atoms with Gasteiger partial charge in [0.15, 0.2) is 11.6 Å². The first-order valence-corrected chi connectivity index (χ1v) is 8.54. The van der Waals surface area contributed by atoms with Crippen LogP contribution in [-0.2, 0) is 4.74 Å². The van der Waals surface area contributed by atoms with Gasteiger partial charge in [-0.2, -0.15) is 0 Å². The monoisotopic (exact) mass is 322 g/mol. The van der Waals surface area contributed by atoms with Crippen molar-refractivity contribution in [2.45, 2.75) is 44.3 Å². The first-order chi connectivity index (χ1) is 11.7. The molecule has 24 heavy (non-hydrogen) atoms. The fourth-order valence-electron chi connectivity index (χ4n) is 3.18.